The molecule has 1 aliphatic carbocycles. The summed E-state index contributed by atoms with van der Waals surface area (Å²) in [5, 5.41) is 14.4. The number of hydrogen-bond donors (Lipinski definition) is 3. The first-order valence-corrected chi connectivity index (χ1v) is 11.7. The van der Waals surface area contributed by atoms with Crippen molar-refractivity contribution in [1.82, 2.24) is 10.6 Å². The molecule has 0 heterocycles. The molecule has 0 fully saturated rings. The predicted molar refractivity (Wildman–Crippen MR) is 134 cm³/mol. The van der Waals surface area contributed by atoms with Crippen LogP contribution in [0.1, 0.15) is 34.6 Å². The highest BCUT2D eigenvalue weighted by molar-refractivity contribution is 5.79. The molecule has 0 saturated heterocycles. The van der Waals surface area contributed by atoms with Gasteiger partial charge in [0.25, 0.3) is 0 Å². The van der Waals surface area contributed by atoms with Crippen LogP contribution in [-0.2, 0) is 27.2 Å². The largest absolute Gasteiger partial charge is 0.481 e. The van der Waals surface area contributed by atoms with Crippen LogP contribution in [0.5, 0.6) is 0 Å². The van der Waals surface area contributed by atoms with E-state index in [4.69, 9.17) is 9.84 Å². The van der Waals surface area contributed by atoms with E-state index in [1.54, 1.807) is 0 Å². The van der Waals surface area contributed by atoms with Crippen LogP contribution < -0.4 is 10.6 Å². The number of methoxy groups -OCH3 is 1. The molecule has 0 radical (unpaired) electrons. The first kappa shape index (κ1) is 24.8. The summed E-state index contributed by atoms with van der Waals surface area (Å²) in [4.78, 5) is 35.0. The number of carboxylic acids is 1. The number of carbonyl (C=O) groups is 3. The van der Waals surface area contributed by atoms with E-state index in [2.05, 4.69) is 39.6 Å². The van der Waals surface area contributed by atoms with E-state index in [1.807, 2.05) is 48.5 Å². The topological polar surface area (TPSA) is 114 Å². The van der Waals surface area contributed by atoms with E-state index in [-0.39, 0.29) is 25.5 Å². The molecule has 186 valence electrons. The van der Waals surface area contributed by atoms with Crippen molar-refractivity contribution in [1.29, 1.82) is 0 Å². The number of fused-ring (bicyclic) bond motifs is 3. The molecule has 0 bridgehead atoms. The minimum Gasteiger partial charge on any atom is -0.481 e. The minimum atomic E-state index is -1.01. The van der Waals surface area contributed by atoms with Gasteiger partial charge in [0, 0.05) is 18.5 Å². The van der Waals surface area contributed by atoms with Crippen LogP contribution in [0.15, 0.2) is 72.8 Å². The van der Waals surface area contributed by atoms with Crippen LogP contribution >= 0.6 is 0 Å². The van der Waals surface area contributed by atoms with Gasteiger partial charge >= 0.3 is 18.2 Å². The van der Waals surface area contributed by atoms with Gasteiger partial charge in [-0.2, -0.15) is 0 Å². The van der Waals surface area contributed by atoms with E-state index < -0.39 is 24.2 Å². The highest BCUT2D eigenvalue weighted by Gasteiger charge is 2.29. The van der Waals surface area contributed by atoms with Gasteiger partial charge in [-0.25, -0.2) is 9.59 Å². The number of carbonyl (C=O) groups excluding carboxylic acids is 2. The third-order valence-corrected chi connectivity index (χ3v) is 6.21. The zero-order valence-corrected chi connectivity index (χ0v) is 19.9. The average molecular weight is 489 g/mol. The highest BCUT2D eigenvalue weighted by atomic mass is 16.5. The van der Waals surface area contributed by atoms with Gasteiger partial charge in [0.2, 0.25) is 0 Å². The lowest BCUT2D eigenvalue weighted by Gasteiger charge is -2.16. The Morgan fingerprint density at radius 2 is 1.44 bits per heavy atom. The summed E-state index contributed by atoms with van der Waals surface area (Å²) in [6, 6.07) is 23.1. The van der Waals surface area contributed by atoms with Gasteiger partial charge in [0.15, 0.2) is 0 Å². The third kappa shape index (κ3) is 6.02. The van der Waals surface area contributed by atoms with Gasteiger partial charge in [-0.15, -0.1) is 0 Å². The fourth-order valence-electron chi connectivity index (χ4n) is 4.51. The molecule has 4 rings (SSSR count). The Hall–Kier alpha value is -4.33. The number of amides is 2. The monoisotopic (exact) mass is 488 g/mol. The number of benzene rings is 3. The van der Waals surface area contributed by atoms with Gasteiger partial charge in [-0.05, 0) is 39.8 Å². The molecule has 0 saturated carbocycles. The van der Waals surface area contributed by atoms with Gasteiger partial charge in [0.1, 0.15) is 6.61 Å². The Balaban J connectivity index is 1.29. The smallest absolute Gasteiger partial charge is 0.407 e. The number of ether oxygens (including phenoxy) is 2. The summed E-state index contributed by atoms with van der Waals surface area (Å²) in [6.07, 6.45) is -1.06. The number of carboxylic acid groups (broad SMARTS) is 1. The number of aliphatic carboxylic acids is 1. The maximum Gasteiger partial charge on any atom is 0.407 e. The van der Waals surface area contributed by atoms with Crippen molar-refractivity contribution in [2.45, 2.75) is 31.3 Å². The maximum absolute atomic E-state index is 12.4. The van der Waals surface area contributed by atoms with Crippen LogP contribution in [0.3, 0.4) is 0 Å². The van der Waals surface area contributed by atoms with Crippen LogP contribution in [0.4, 0.5) is 9.59 Å². The minimum absolute atomic E-state index is 0.000203. The van der Waals surface area contributed by atoms with Crippen molar-refractivity contribution in [2.75, 3.05) is 13.7 Å². The molecule has 2 amide bonds. The van der Waals surface area contributed by atoms with E-state index in [9.17, 15) is 14.4 Å². The predicted octanol–water partition coefficient (Wildman–Crippen LogP) is 4.47. The van der Waals surface area contributed by atoms with E-state index in [0.29, 0.717) is 6.42 Å². The van der Waals surface area contributed by atoms with Gasteiger partial charge in [-0.1, -0.05) is 72.8 Å². The molecule has 36 heavy (non-hydrogen) atoms. The van der Waals surface area contributed by atoms with Crippen molar-refractivity contribution in [2.24, 2.45) is 0 Å². The highest BCUT2D eigenvalue weighted by Crippen LogP contribution is 2.44. The van der Waals surface area contributed by atoms with Gasteiger partial charge in [0.05, 0.1) is 13.5 Å². The number of nitrogens with one attached hydrogen (secondary N) is 2. The Labute approximate surface area is 209 Å². The number of alkyl carbamates (subject to hydrolysis) is 2. The molecule has 8 heteroatoms. The summed E-state index contributed by atoms with van der Waals surface area (Å²) in [5.74, 6) is -1.01. The lowest BCUT2D eigenvalue weighted by molar-refractivity contribution is -0.137. The van der Waals surface area contributed by atoms with Gasteiger partial charge < -0.3 is 25.2 Å². The second kappa shape index (κ2) is 11.4. The van der Waals surface area contributed by atoms with Crippen LogP contribution in [-0.4, -0.2) is 43.0 Å². The molecule has 0 spiro atoms. The van der Waals surface area contributed by atoms with Crippen molar-refractivity contribution in [3.63, 3.8) is 0 Å². The Morgan fingerprint density at radius 1 is 0.861 bits per heavy atom. The number of hydrogen-bond acceptors (Lipinski definition) is 5. The van der Waals surface area contributed by atoms with Crippen molar-refractivity contribution >= 4 is 18.2 Å². The van der Waals surface area contributed by atoms with Crippen molar-refractivity contribution < 1.29 is 29.0 Å². The second-order valence-corrected chi connectivity index (χ2v) is 8.63. The maximum atomic E-state index is 12.4. The fraction of sp³-hybridized carbons (Fsp3) is 0.250. The fourth-order valence-corrected chi connectivity index (χ4v) is 4.51. The SMILES string of the molecule is COC(=O)N[C@H](CC(=O)O)Cc1ccc(CNC(=O)OCC2c3ccccc3-c3ccccc32)cc1. The first-order valence-electron chi connectivity index (χ1n) is 11.7. The Morgan fingerprint density at radius 3 is 2.03 bits per heavy atom. The van der Waals surface area contributed by atoms with E-state index in [0.717, 1.165) is 22.3 Å². The molecule has 1 atom stereocenters. The van der Waals surface area contributed by atoms with E-state index >= 15 is 0 Å². The Kier molecular flexibility index (Phi) is 7.85. The van der Waals surface area contributed by atoms with E-state index in [1.165, 1.54) is 18.2 Å². The van der Waals surface area contributed by atoms with Crippen molar-refractivity contribution in [3.8, 4) is 11.1 Å². The molecular weight excluding hydrogens is 460 g/mol. The Bertz CT molecular complexity index is 1200. The lowest BCUT2D eigenvalue weighted by Crippen LogP contribution is -2.38. The molecule has 8 nitrogen and oxygen atoms in total. The molecule has 0 aliphatic heterocycles. The standard InChI is InChI=1S/C28H28N2O6/c1-35-28(34)30-20(15-26(31)32)14-18-10-12-19(13-11-18)16-29-27(33)36-17-25-23-8-4-2-6-21(23)22-7-3-5-9-24(22)25/h2-13,20,25H,14-17H2,1H3,(H,29,33)(H,30,34)(H,31,32)/t20-/m0/s1. The van der Waals surface area contributed by atoms with Crippen LogP contribution in [0.2, 0.25) is 0 Å². The zero-order valence-electron chi connectivity index (χ0n) is 19.9. The molecule has 1 aliphatic rings. The average Bonchev–Trinajstić information content (AvgIpc) is 3.20. The normalized spacial score (nSPS) is 12.7. The summed E-state index contributed by atoms with van der Waals surface area (Å²) < 4.78 is 10.1. The molecule has 3 aromatic carbocycles. The molecule has 3 aromatic rings. The quantitative estimate of drug-likeness (QED) is 0.410. The third-order valence-electron chi connectivity index (χ3n) is 6.21. The zero-order chi connectivity index (χ0) is 25.5. The van der Waals surface area contributed by atoms with Gasteiger partial charge in [-0.3, -0.25) is 4.79 Å². The lowest BCUT2D eigenvalue weighted by atomic mass is 9.98. The van der Waals surface area contributed by atoms with Crippen LogP contribution in [0, 0.1) is 0 Å². The first-order chi connectivity index (χ1) is 17.4. The van der Waals surface area contributed by atoms with Crippen LogP contribution in [0.25, 0.3) is 11.1 Å². The molecule has 0 unspecified atom stereocenters. The summed E-state index contributed by atoms with van der Waals surface area (Å²) in [5.41, 5.74) is 6.38. The van der Waals surface area contributed by atoms with Crippen molar-refractivity contribution in [3.05, 3.63) is 95.1 Å². The summed E-state index contributed by atoms with van der Waals surface area (Å²) in [7, 11) is 1.23. The second-order valence-electron chi connectivity index (χ2n) is 8.63. The molecule has 0 aromatic heterocycles. The summed E-state index contributed by atoms with van der Waals surface area (Å²) in [6.45, 7) is 0.535. The number of rotatable bonds is 9. The molecular formula is C28H28N2O6. The summed E-state index contributed by atoms with van der Waals surface area (Å²) >= 11 is 0. The molecule has 3 N–H and O–H groups in total.